The predicted molar refractivity (Wildman–Crippen MR) is 226 cm³/mol. The highest BCUT2D eigenvalue weighted by atomic mass is 16.7. The third kappa shape index (κ3) is 24.7. The molecular formula is C48H87NO2. The van der Waals surface area contributed by atoms with Crippen LogP contribution in [-0.4, -0.2) is 43.5 Å². The van der Waals surface area contributed by atoms with E-state index in [4.69, 9.17) is 9.47 Å². The van der Waals surface area contributed by atoms with Crippen LogP contribution in [0.2, 0.25) is 0 Å². The highest BCUT2D eigenvalue weighted by Crippen LogP contribution is 2.39. The Bertz CT molecular complexity index is 840. The van der Waals surface area contributed by atoms with Gasteiger partial charge in [-0.2, -0.15) is 0 Å². The lowest BCUT2D eigenvalue weighted by atomic mass is 9.82. The zero-order valence-corrected chi connectivity index (χ0v) is 34.7. The van der Waals surface area contributed by atoms with Crippen LogP contribution in [0.15, 0.2) is 48.6 Å². The topological polar surface area (TPSA) is 21.7 Å². The standard InChI is InChI=1S/C48H87NO2/c1-5-7-9-11-13-15-17-19-21-23-25-27-29-31-33-35-40-48(50-44-47(51-48)43-45-38-37-39-46(42-45)49(3)4)41-36-34-32-30-28-26-24-22-20-18-16-14-12-10-8-6-2/h13-16,19-22,45-47H,5-12,17-18,23-44H2,1-4H3/b15-13-,16-14-,21-19-,22-20-. The first-order valence-electron chi connectivity index (χ1n) is 22.7. The van der Waals surface area contributed by atoms with Crippen LogP contribution in [0.4, 0.5) is 0 Å². The van der Waals surface area contributed by atoms with Crippen molar-refractivity contribution in [3.05, 3.63) is 48.6 Å². The fourth-order valence-corrected chi connectivity index (χ4v) is 8.20. The summed E-state index contributed by atoms with van der Waals surface area (Å²) in [5.41, 5.74) is 0. The number of rotatable bonds is 33. The molecule has 0 aromatic carbocycles. The van der Waals surface area contributed by atoms with E-state index in [2.05, 4.69) is 81.5 Å². The van der Waals surface area contributed by atoms with Gasteiger partial charge in [-0.15, -0.1) is 0 Å². The van der Waals surface area contributed by atoms with E-state index >= 15 is 0 Å². The van der Waals surface area contributed by atoms with Gasteiger partial charge in [0.25, 0.3) is 0 Å². The van der Waals surface area contributed by atoms with E-state index in [1.54, 1.807) is 0 Å². The molecule has 2 rings (SSSR count). The fraction of sp³-hybridized carbons (Fsp3) is 0.833. The lowest BCUT2D eigenvalue weighted by Gasteiger charge is -2.34. The van der Waals surface area contributed by atoms with Crippen LogP contribution in [-0.2, 0) is 9.47 Å². The number of unbranched alkanes of at least 4 members (excludes halogenated alkanes) is 18. The Kier molecular flexibility index (Phi) is 29.1. The van der Waals surface area contributed by atoms with Crippen molar-refractivity contribution < 1.29 is 9.47 Å². The second kappa shape index (κ2) is 32.3. The SMILES string of the molecule is CCCCC/C=C\C/C=C\CCCCCCCCC1(CCCCCCCC/C=C\C/C=C\CCCCC)OCC(CC2CCCC(N(C)C)C2)O1. The lowest BCUT2D eigenvalue weighted by Crippen LogP contribution is -2.35. The summed E-state index contributed by atoms with van der Waals surface area (Å²) in [7, 11) is 4.51. The van der Waals surface area contributed by atoms with Crippen LogP contribution in [0.3, 0.4) is 0 Å². The van der Waals surface area contributed by atoms with Crippen molar-refractivity contribution in [2.75, 3.05) is 20.7 Å². The molecule has 2 aliphatic rings. The molecular weight excluding hydrogens is 623 g/mol. The van der Waals surface area contributed by atoms with Crippen molar-refractivity contribution in [3.8, 4) is 0 Å². The molecule has 296 valence electrons. The van der Waals surface area contributed by atoms with Crippen LogP contribution in [0.5, 0.6) is 0 Å². The molecule has 3 heteroatoms. The minimum atomic E-state index is -0.315. The smallest absolute Gasteiger partial charge is 0.168 e. The Hall–Kier alpha value is -1.16. The molecule has 0 radical (unpaired) electrons. The van der Waals surface area contributed by atoms with E-state index < -0.39 is 0 Å². The van der Waals surface area contributed by atoms with Gasteiger partial charge in [-0.1, -0.05) is 152 Å². The minimum Gasteiger partial charge on any atom is -0.347 e. The summed E-state index contributed by atoms with van der Waals surface area (Å²) in [4.78, 5) is 2.44. The zero-order chi connectivity index (χ0) is 36.5. The summed E-state index contributed by atoms with van der Waals surface area (Å²) in [5.74, 6) is 0.476. The van der Waals surface area contributed by atoms with Crippen molar-refractivity contribution in [3.63, 3.8) is 0 Å². The van der Waals surface area contributed by atoms with Gasteiger partial charge in [0.05, 0.1) is 12.7 Å². The molecule has 2 fully saturated rings. The molecule has 1 aliphatic carbocycles. The van der Waals surface area contributed by atoms with Gasteiger partial charge in [0.15, 0.2) is 5.79 Å². The van der Waals surface area contributed by atoms with E-state index in [1.807, 2.05) is 0 Å². The molecule has 0 N–H and O–H groups in total. The molecule has 1 saturated heterocycles. The van der Waals surface area contributed by atoms with Gasteiger partial charge in [-0.25, -0.2) is 0 Å². The first kappa shape index (κ1) is 46.0. The van der Waals surface area contributed by atoms with Gasteiger partial charge in [-0.05, 0) is 116 Å². The highest BCUT2D eigenvalue weighted by molar-refractivity contribution is 4.93. The summed E-state index contributed by atoms with van der Waals surface area (Å²) in [5, 5.41) is 0. The van der Waals surface area contributed by atoms with Gasteiger partial charge in [0.1, 0.15) is 0 Å². The van der Waals surface area contributed by atoms with E-state index in [-0.39, 0.29) is 5.79 Å². The van der Waals surface area contributed by atoms with Crippen molar-refractivity contribution in [1.29, 1.82) is 0 Å². The quantitative estimate of drug-likeness (QED) is 0.0500. The van der Waals surface area contributed by atoms with E-state index in [9.17, 15) is 0 Å². The predicted octanol–water partition coefficient (Wildman–Crippen LogP) is 15.0. The molecule has 0 bridgehead atoms. The van der Waals surface area contributed by atoms with Gasteiger partial charge >= 0.3 is 0 Å². The maximum Gasteiger partial charge on any atom is 0.168 e. The molecule has 1 aliphatic heterocycles. The van der Waals surface area contributed by atoms with Crippen LogP contribution in [0.25, 0.3) is 0 Å². The Morgan fingerprint density at radius 2 is 1.00 bits per heavy atom. The molecule has 0 amide bonds. The Morgan fingerprint density at radius 1 is 0.549 bits per heavy atom. The number of hydrogen-bond acceptors (Lipinski definition) is 3. The van der Waals surface area contributed by atoms with Crippen LogP contribution >= 0.6 is 0 Å². The van der Waals surface area contributed by atoms with Crippen molar-refractivity contribution >= 4 is 0 Å². The average molecular weight is 710 g/mol. The second-order valence-corrected chi connectivity index (χ2v) is 16.5. The monoisotopic (exact) mass is 710 g/mol. The van der Waals surface area contributed by atoms with Crippen molar-refractivity contribution in [2.45, 2.75) is 231 Å². The van der Waals surface area contributed by atoms with Gasteiger partial charge < -0.3 is 14.4 Å². The molecule has 3 atom stereocenters. The molecule has 0 aromatic heterocycles. The maximum absolute atomic E-state index is 6.94. The number of ether oxygens (including phenoxy) is 2. The molecule has 51 heavy (non-hydrogen) atoms. The zero-order valence-electron chi connectivity index (χ0n) is 34.7. The first-order chi connectivity index (χ1) is 25.1. The third-order valence-electron chi connectivity index (χ3n) is 11.5. The summed E-state index contributed by atoms with van der Waals surface area (Å²) in [6.45, 7) is 5.36. The van der Waals surface area contributed by atoms with E-state index in [0.29, 0.717) is 6.10 Å². The van der Waals surface area contributed by atoms with Crippen molar-refractivity contribution in [2.24, 2.45) is 5.92 Å². The molecule has 0 aromatic rings. The normalized spacial score (nSPS) is 21.2. The van der Waals surface area contributed by atoms with Crippen LogP contribution in [0.1, 0.15) is 213 Å². The van der Waals surface area contributed by atoms with E-state index in [1.165, 1.54) is 173 Å². The first-order valence-corrected chi connectivity index (χ1v) is 22.7. The number of allylic oxidation sites excluding steroid dienone is 8. The highest BCUT2D eigenvalue weighted by Gasteiger charge is 2.41. The third-order valence-corrected chi connectivity index (χ3v) is 11.5. The minimum absolute atomic E-state index is 0.296. The Labute approximate surface area is 319 Å². The van der Waals surface area contributed by atoms with Gasteiger partial charge in [0.2, 0.25) is 0 Å². The Balaban J connectivity index is 1.63. The molecule has 1 heterocycles. The molecule has 3 unspecified atom stereocenters. The van der Waals surface area contributed by atoms with Crippen LogP contribution < -0.4 is 0 Å². The molecule has 1 saturated carbocycles. The van der Waals surface area contributed by atoms with Crippen molar-refractivity contribution in [1.82, 2.24) is 4.90 Å². The molecule has 0 spiro atoms. The summed E-state index contributed by atoms with van der Waals surface area (Å²) >= 11 is 0. The number of nitrogens with zero attached hydrogens (tertiary/aromatic N) is 1. The average Bonchev–Trinajstić information content (AvgIpc) is 3.53. The summed E-state index contributed by atoms with van der Waals surface area (Å²) in [6, 6.07) is 0.743. The van der Waals surface area contributed by atoms with Gasteiger partial charge in [-0.3, -0.25) is 0 Å². The fourth-order valence-electron chi connectivity index (χ4n) is 8.20. The van der Waals surface area contributed by atoms with E-state index in [0.717, 1.165) is 44.2 Å². The Morgan fingerprint density at radius 3 is 1.47 bits per heavy atom. The summed E-state index contributed by atoms with van der Waals surface area (Å²) in [6.07, 6.45) is 59.1. The largest absolute Gasteiger partial charge is 0.347 e. The van der Waals surface area contributed by atoms with Crippen LogP contribution in [0, 0.1) is 5.92 Å². The number of hydrogen-bond donors (Lipinski definition) is 0. The maximum atomic E-state index is 6.94. The molecule has 3 nitrogen and oxygen atoms in total. The lowest BCUT2D eigenvalue weighted by molar-refractivity contribution is -0.181. The second-order valence-electron chi connectivity index (χ2n) is 16.5. The summed E-state index contributed by atoms with van der Waals surface area (Å²) < 4.78 is 13.6. The van der Waals surface area contributed by atoms with Gasteiger partial charge in [0, 0.05) is 18.9 Å².